The molecule has 2 fully saturated rings. The topological polar surface area (TPSA) is 54.9 Å². The third-order valence-electron chi connectivity index (χ3n) is 4.27. The maximum absolute atomic E-state index is 5.50. The summed E-state index contributed by atoms with van der Waals surface area (Å²) >= 11 is 1.94. The summed E-state index contributed by atoms with van der Waals surface area (Å²) in [6.45, 7) is 7.29. The highest BCUT2D eigenvalue weighted by Gasteiger charge is 2.31. The first-order valence-corrected chi connectivity index (χ1v) is 9.26. The number of hydrogen-bond acceptors (Lipinski definition) is 4. The molecule has 0 aromatic rings. The summed E-state index contributed by atoms with van der Waals surface area (Å²) in [5, 5.41) is 6.92. The van der Waals surface area contributed by atoms with Crippen molar-refractivity contribution < 1.29 is 9.47 Å². The molecule has 5 nitrogen and oxygen atoms in total. The molecule has 6 heteroatoms. The second-order valence-electron chi connectivity index (χ2n) is 5.73. The molecular formula is C15H29N3O2S. The number of guanidine groups is 1. The van der Waals surface area contributed by atoms with Crippen LogP contribution in [0.3, 0.4) is 0 Å². The molecule has 122 valence electrons. The van der Waals surface area contributed by atoms with Crippen molar-refractivity contribution >= 4 is 17.7 Å². The standard InChI is InChI=1S/C15H29N3O2S/c1-3-16-14(18-13-4-8-19-9-5-13)17-12-15(21-2)6-10-20-11-7-15/h13H,3-12H2,1-2H3,(H2,16,17,18). The molecule has 2 aliphatic rings. The van der Waals surface area contributed by atoms with E-state index in [1.165, 1.54) is 0 Å². The van der Waals surface area contributed by atoms with E-state index in [1.54, 1.807) is 0 Å². The number of nitrogens with one attached hydrogen (secondary N) is 2. The van der Waals surface area contributed by atoms with E-state index in [2.05, 4.69) is 23.8 Å². The molecular weight excluding hydrogens is 286 g/mol. The van der Waals surface area contributed by atoms with Gasteiger partial charge in [0, 0.05) is 43.8 Å². The Bertz CT molecular complexity index is 327. The Morgan fingerprint density at radius 1 is 1.19 bits per heavy atom. The van der Waals surface area contributed by atoms with Crippen molar-refractivity contribution in [2.45, 2.75) is 43.4 Å². The molecule has 2 saturated heterocycles. The maximum atomic E-state index is 5.50. The van der Waals surface area contributed by atoms with E-state index in [0.717, 1.165) is 71.2 Å². The third-order valence-corrected chi connectivity index (χ3v) is 5.67. The first-order chi connectivity index (χ1) is 10.3. The van der Waals surface area contributed by atoms with Gasteiger partial charge in [-0.1, -0.05) is 0 Å². The van der Waals surface area contributed by atoms with E-state index >= 15 is 0 Å². The van der Waals surface area contributed by atoms with E-state index in [-0.39, 0.29) is 4.75 Å². The minimum absolute atomic E-state index is 0.246. The quantitative estimate of drug-likeness (QED) is 0.597. The summed E-state index contributed by atoms with van der Waals surface area (Å²) < 4.78 is 11.2. The molecule has 2 heterocycles. The number of rotatable bonds is 5. The number of ether oxygens (including phenoxy) is 2. The summed E-state index contributed by atoms with van der Waals surface area (Å²) in [5.41, 5.74) is 0. The van der Waals surface area contributed by atoms with Crippen molar-refractivity contribution in [3.63, 3.8) is 0 Å². The summed E-state index contributed by atoms with van der Waals surface area (Å²) in [4.78, 5) is 4.85. The fraction of sp³-hybridized carbons (Fsp3) is 0.933. The Morgan fingerprint density at radius 3 is 2.48 bits per heavy atom. The van der Waals surface area contributed by atoms with Crippen LogP contribution in [0.1, 0.15) is 32.6 Å². The lowest BCUT2D eigenvalue weighted by Gasteiger charge is -2.34. The van der Waals surface area contributed by atoms with Gasteiger partial charge in [-0.05, 0) is 38.9 Å². The summed E-state index contributed by atoms with van der Waals surface area (Å²) in [5.74, 6) is 0.948. The van der Waals surface area contributed by atoms with Crippen LogP contribution in [-0.2, 0) is 9.47 Å². The van der Waals surface area contributed by atoms with Gasteiger partial charge in [0.05, 0.1) is 6.54 Å². The van der Waals surface area contributed by atoms with Crippen LogP contribution in [0.15, 0.2) is 4.99 Å². The average molecular weight is 315 g/mol. The first kappa shape index (κ1) is 16.9. The summed E-state index contributed by atoms with van der Waals surface area (Å²) in [6.07, 6.45) is 6.50. The van der Waals surface area contributed by atoms with Gasteiger partial charge in [-0.3, -0.25) is 4.99 Å². The Hall–Kier alpha value is -0.460. The van der Waals surface area contributed by atoms with Crippen LogP contribution >= 0.6 is 11.8 Å². The number of aliphatic imine (C=N–C) groups is 1. The fourth-order valence-corrected chi connectivity index (χ4v) is 3.52. The van der Waals surface area contributed by atoms with Crippen molar-refractivity contribution in [3.05, 3.63) is 0 Å². The Labute approximate surface area is 132 Å². The summed E-state index contributed by atoms with van der Waals surface area (Å²) in [7, 11) is 0. The average Bonchev–Trinajstić information content (AvgIpc) is 2.55. The van der Waals surface area contributed by atoms with E-state index in [9.17, 15) is 0 Å². The lowest BCUT2D eigenvalue weighted by atomic mass is 9.99. The molecule has 21 heavy (non-hydrogen) atoms. The summed E-state index contributed by atoms with van der Waals surface area (Å²) in [6, 6.07) is 0.483. The van der Waals surface area contributed by atoms with Crippen molar-refractivity contribution in [1.82, 2.24) is 10.6 Å². The zero-order valence-electron chi connectivity index (χ0n) is 13.3. The van der Waals surface area contributed by atoms with Gasteiger partial charge in [-0.15, -0.1) is 0 Å². The number of hydrogen-bond donors (Lipinski definition) is 2. The SMILES string of the molecule is CCNC(=NCC1(SC)CCOCC1)NC1CCOCC1. The molecule has 0 aromatic carbocycles. The molecule has 0 atom stereocenters. The van der Waals surface area contributed by atoms with Crippen molar-refractivity contribution in [2.24, 2.45) is 4.99 Å². The largest absolute Gasteiger partial charge is 0.381 e. The Balaban J connectivity index is 1.91. The van der Waals surface area contributed by atoms with Crippen molar-refractivity contribution in [2.75, 3.05) is 45.8 Å². The normalized spacial score (nSPS) is 23.8. The van der Waals surface area contributed by atoms with Crippen LogP contribution in [0.2, 0.25) is 0 Å². The monoisotopic (exact) mass is 315 g/mol. The maximum Gasteiger partial charge on any atom is 0.191 e. The number of nitrogens with zero attached hydrogens (tertiary/aromatic N) is 1. The van der Waals surface area contributed by atoms with E-state index in [1.807, 2.05) is 11.8 Å². The molecule has 2 aliphatic heterocycles. The van der Waals surface area contributed by atoms with Gasteiger partial charge < -0.3 is 20.1 Å². The van der Waals surface area contributed by atoms with Gasteiger partial charge in [-0.25, -0.2) is 0 Å². The first-order valence-electron chi connectivity index (χ1n) is 8.03. The third kappa shape index (κ3) is 5.34. The minimum atomic E-state index is 0.246. The molecule has 0 unspecified atom stereocenters. The predicted octanol–water partition coefficient (Wildman–Crippen LogP) is 1.63. The smallest absolute Gasteiger partial charge is 0.191 e. The van der Waals surface area contributed by atoms with Crippen molar-refractivity contribution in [3.8, 4) is 0 Å². The van der Waals surface area contributed by atoms with E-state index in [4.69, 9.17) is 14.5 Å². The van der Waals surface area contributed by atoms with Crippen molar-refractivity contribution in [1.29, 1.82) is 0 Å². The van der Waals surface area contributed by atoms with Gasteiger partial charge >= 0.3 is 0 Å². The van der Waals surface area contributed by atoms with Crippen LogP contribution in [0, 0.1) is 0 Å². The molecule has 0 saturated carbocycles. The second-order valence-corrected chi connectivity index (χ2v) is 7.00. The van der Waals surface area contributed by atoms with E-state index in [0.29, 0.717) is 6.04 Å². The molecule has 0 spiro atoms. The van der Waals surface area contributed by atoms with Gasteiger partial charge in [-0.2, -0.15) is 11.8 Å². The van der Waals surface area contributed by atoms with Gasteiger partial charge in [0.2, 0.25) is 0 Å². The molecule has 2 rings (SSSR count). The highest BCUT2D eigenvalue weighted by molar-refractivity contribution is 8.00. The highest BCUT2D eigenvalue weighted by Crippen LogP contribution is 2.33. The lowest BCUT2D eigenvalue weighted by molar-refractivity contribution is 0.0790. The zero-order chi connectivity index (χ0) is 15.0. The van der Waals surface area contributed by atoms with Crippen LogP contribution in [0.4, 0.5) is 0 Å². The Morgan fingerprint density at radius 2 is 1.86 bits per heavy atom. The van der Waals surface area contributed by atoms with E-state index < -0.39 is 0 Å². The van der Waals surface area contributed by atoms with Gasteiger partial charge in [0.1, 0.15) is 0 Å². The molecule has 0 radical (unpaired) electrons. The fourth-order valence-electron chi connectivity index (χ4n) is 2.75. The molecule has 0 aromatic heterocycles. The molecule has 0 aliphatic carbocycles. The second kappa shape index (κ2) is 8.86. The van der Waals surface area contributed by atoms with Gasteiger partial charge in [0.25, 0.3) is 0 Å². The minimum Gasteiger partial charge on any atom is -0.381 e. The highest BCUT2D eigenvalue weighted by atomic mass is 32.2. The van der Waals surface area contributed by atoms with Crippen LogP contribution in [0.25, 0.3) is 0 Å². The molecule has 0 bridgehead atoms. The predicted molar refractivity (Wildman–Crippen MR) is 89.3 cm³/mol. The van der Waals surface area contributed by atoms with Crippen LogP contribution in [-0.4, -0.2) is 62.5 Å². The van der Waals surface area contributed by atoms with Gasteiger partial charge in [0.15, 0.2) is 5.96 Å². The molecule has 2 N–H and O–H groups in total. The van der Waals surface area contributed by atoms with Crippen LogP contribution < -0.4 is 10.6 Å². The zero-order valence-corrected chi connectivity index (χ0v) is 14.1. The molecule has 0 amide bonds. The van der Waals surface area contributed by atoms with Crippen LogP contribution in [0.5, 0.6) is 0 Å². The number of thioether (sulfide) groups is 1. The Kier molecular flexibility index (Phi) is 7.13. The lowest BCUT2D eigenvalue weighted by Crippen LogP contribution is -2.46.